The van der Waals surface area contributed by atoms with E-state index in [-0.39, 0.29) is 10.8 Å². The highest BCUT2D eigenvalue weighted by molar-refractivity contribution is 7.90. The zero-order valence-corrected chi connectivity index (χ0v) is 12.4. The fraction of sp³-hybridized carbons (Fsp3) is 0.133. The normalized spacial score (nSPS) is 15.4. The van der Waals surface area contributed by atoms with Crippen molar-refractivity contribution in [2.75, 3.05) is 5.73 Å². The number of benzene rings is 2. The molecule has 1 heterocycles. The van der Waals surface area contributed by atoms with Crippen molar-refractivity contribution in [3.8, 4) is 5.75 Å². The number of hydrogen-bond acceptors (Lipinski definition) is 4. The molecule has 0 unspecified atom stereocenters. The third-order valence-electron chi connectivity index (χ3n) is 3.37. The van der Waals surface area contributed by atoms with Gasteiger partial charge >= 0.3 is 0 Å². The van der Waals surface area contributed by atoms with E-state index >= 15 is 0 Å². The summed E-state index contributed by atoms with van der Waals surface area (Å²) in [5, 5.41) is 0. The molecule has 5 nitrogen and oxygen atoms in total. The van der Waals surface area contributed by atoms with E-state index in [0.29, 0.717) is 17.0 Å². The Morgan fingerprint density at radius 2 is 1.81 bits per heavy atom. The van der Waals surface area contributed by atoms with Crippen LogP contribution in [-0.4, -0.2) is 14.3 Å². The number of nitrogen functional groups attached to an aromatic ring is 1. The van der Waals surface area contributed by atoms with Gasteiger partial charge in [-0.2, -0.15) is 8.42 Å². The van der Waals surface area contributed by atoms with E-state index < -0.39 is 10.0 Å². The summed E-state index contributed by atoms with van der Waals surface area (Å²) in [7, 11) is -3.67. The minimum atomic E-state index is -3.67. The number of nitrogens with two attached hydrogens (primary N) is 1. The quantitative estimate of drug-likeness (QED) is 0.820. The van der Waals surface area contributed by atoms with Gasteiger partial charge in [-0.25, -0.2) is 0 Å². The molecular weight excluding hydrogens is 288 g/mol. The van der Waals surface area contributed by atoms with Crippen LogP contribution in [0, 0.1) is 13.8 Å². The van der Waals surface area contributed by atoms with Crippen LogP contribution in [0.25, 0.3) is 0 Å². The maximum Gasteiger partial charge on any atom is 0.286 e. The number of nitrogens with zero attached hydrogens (tertiary/aromatic N) is 1. The Balaban J connectivity index is 2.06. The molecular formula is C15H14N2O3S. The Hall–Kier alpha value is -2.34. The van der Waals surface area contributed by atoms with Crippen LogP contribution in [-0.2, 0) is 10.0 Å². The third kappa shape index (κ3) is 2.27. The summed E-state index contributed by atoms with van der Waals surface area (Å²) in [4.78, 5) is 0.165. The standard InChI is InChI=1S/C15H14N2O3S/c1-9-7-10(2)13(8-12(9)16)20-15-11-5-3-4-6-14(11)21(18,19)17-15/h3-8H,16H2,1-2H3. The number of rotatable bonds is 1. The van der Waals surface area contributed by atoms with Gasteiger partial charge in [0.05, 0.1) is 5.56 Å². The molecule has 2 aromatic rings. The van der Waals surface area contributed by atoms with Crippen LogP contribution in [0.2, 0.25) is 0 Å². The molecule has 1 aliphatic heterocycles. The van der Waals surface area contributed by atoms with E-state index in [1.54, 1.807) is 24.3 Å². The van der Waals surface area contributed by atoms with Crippen molar-refractivity contribution in [3.05, 3.63) is 53.1 Å². The molecule has 6 heteroatoms. The summed E-state index contributed by atoms with van der Waals surface area (Å²) in [5.41, 5.74) is 8.74. The molecule has 0 bridgehead atoms. The highest BCUT2D eigenvalue weighted by atomic mass is 32.2. The number of sulfonamides is 1. The molecule has 0 saturated heterocycles. The van der Waals surface area contributed by atoms with Gasteiger partial charge in [-0.3, -0.25) is 0 Å². The van der Waals surface area contributed by atoms with Gasteiger partial charge < -0.3 is 10.5 Å². The Labute approximate surface area is 123 Å². The summed E-state index contributed by atoms with van der Waals surface area (Å²) < 4.78 is 33.3. The fourth-order valence-corrected chi connectivity index (χ4v) is 3.35. The minimum absolute atomic E-state index is 0.0805. The van der Waals surface area contributed by atoms with Gasteiger partial charge in [0.1, 0.15) is 10.6 Å². The Morgan fingerprint density at radius 3 is 2.57 bits per heavy atom. The van der Waals surface area contributed by atoms with Gasteiger partial charge in [-0.1, -0.05) is 18.2 Å². The van der Waals surface area contributed by atoms with Crippen molar-refractivity contribution in [2.24, 2.45) is 4.40 Å². The lowest BCUT2D eigenvalue weighted by atomic mass is 10.1. The second kappa shape index (κ2) is 4.60. The molecule has 0 saturated carbocycles. The SMILES string of the molecule is Cc1cc(C)c(OC2=NS(=O)(=O)c3ccccc32)cc1N. The van der Waals surface area contributed by atoms with Crippen LogP contribution in [0.3, 0.4) is 0 Å². The second-order valence-electron chi connectivity index (χ2n) is 4.94. The average molecular weight is 302 g/mol. The van der Waals surface area contributed by atoms with Crippen LogP contribution in [0.1, 0.15) is 16.7 Å². The van der Waals surface area contributed by atoms with Crippen LogP contribution in [0.5, 0.6) is 5.75 Å². The summed E-state index contributed by atoms with van der Waals surface area (Å²) in [6.45, 7) is 3.77. The van der Waals surface area contributed by atoms with Gasteiger partial charge in [0.15, 0.2) is 0 Å². The van der Waals surface area contributed by atoms with Crippen LogP contribution >= 0.6 is 0 Å². The highest BCUT2D eigenvalue weighted by Gasteiger charge is 2.30. The first-order valence-electron chi connectivity index (χ1n) is 6.37. The number of anilines is 1. The van der Waals surface area contributed by atoms with E-state index in [1.165, 1.54) is 6.07 Å². The topological polar surface area (TPSA) is 81.8 Å². The molecule has 0 aliphatic carbocycles. The van der Waals surface area contributed by atoms with Gasteiger partial charge in [0.25, 0.3) is 10.0 Å². The smallest absolute Gasteiger partial charge is 0.286 e. The number of hydrogen-bond donors (Lipinski definition) is 1. The van der Waals surface area contributed by atoms with Crippen molar-refractivity contribution >= 4 is 21.6 Å². The van der Waals surface area contributed by atoms with E-state index in [0.717, 1.165) is 11.1 Å². The fourth-order valence-electron chi connectivity index (χ4n) is 2.21. The Morgan fingerprint density at radius 1 is 1.10 bits per heavy atom. The molecule has 0 amide bonds. The first-order valence-corrected chi connectivity index (χ1v) is 7.81. The van der Waals surface area contributed by atoms with E-state index in [2.05, 4.69) is 4.40 Å². The zero-order valence-electron chi connectivity index (χ0n) is 11.6. The lowest BCUT2D eigenvalue weighted by molar-refractivity contribution is 0.549. The van der Waals surface area contributed by atoms with Gasteiger partial charge in [-0.05, 0) is 37.1 Å². The molecule has 108 valence electrons. The zero-order chi connectivity index (χ0) is 15.2. The van der Waals surface area contributed by atoms with E-state index in [4.69, 9.17) is 10.5 Å². The molecule has 0 atom stereocenters. The molecule has 0 radical (unpaired) electrons. The predicted octanol–water partition coefficient (Wildman–Crippen LogP) is 2.41. The molecule has 1 aliphatic rings. The van der Waals surface area contributed by atoms with Gasteiger partial charge in [0, 0.05) is 11.8 Å². The number of fused-ring (bicyclic) bond motifs is 1. The largest absolute Gasteiger partial charge is 0.437 e. The van der Waals surface area contributed by atoms with Crippen molar-refractivity contribution in [2.45, 2.75) is 18.7 Å². The summed E-state index contributed by atoms with van der Waals surface area (Å²) in [6, 6.07) is 10.2. The highest BCUT2D eigenvalue weighted by Crippen LogP contribution is 2.30. The molecule has 2 N–H and O–H groups in total. The molecule has 21 heavy (non-hydrogen) atoms. The first-order chi connectivity index (χ1) is 9.88. The molecule has 2 aromatic carbocycles. The number of aryl methyl sites for hydroxylation is 2. The molecule has 0 spiro atoms. The maximum atomic E-state index is 12.0. The third-order valence-corrected chi connectivity index (χ3v) is 4.69. The predicted molar refractivity (Wildman–Crippen MR) is 81.1 cm³/mol. The minimum Gasteiger partial charge on any atom is -0.437 e. The Kier molecular flexibility index (Phi) is 2.98. The van der Waals surface area contributed by atoms with Crippen molar-refractivity contribution in [3.63, 3.8) is 0 Å². The first kappa shape index (κ1) is 13.6. The molecule has 3 rings (SSSR count). The van der Waals surface area contributed by atoms with Gasteiger partial charge in [0.2, 0.25) is 5.90 Å². The Bertz CT molecular complexity index is 870. The summed E-state index contributed by atoms with van der Waals surface area (Å²) in [6.07, 6.45) is 0. The van der Waals surface area contributed by atoms with Gasteiger partial charge in [-0.15, -0.1) is 4.40 Å². The van der Waals surface area contributed by atoms with E-state index in [9.17, 15) is 8.42 Å². The van der Waals surface area contributed by atoms with Crippen molar-refractivity contribution < 1.29 is 13.2 Å². The van der Waals surface area contributed by atoms with Crippen LogP contribution in [0.4, 0.5) is 5.69 Å². The number of ether oxygens (including phenoxy) is 1. The average Bonchev–Trinajstić information content (AvgIpc) is 2.68. The summed E-state index contributed by atoms with van der Waals surface area (Å²) in [5.74, 6) is 0.584. The van der Waals surface area contributed by atoms with Crippen LogP contribution in [0.15, 0.2) is 45.7 Å². The van der Waals surface area contributed by atoms with E-state index in [1.807, 2.05) is 19.9 Å². The maximum absolute atomic E-state index is 12.0. The van der Waals surface area contributed by atoms with Crippen LogP contribution < -0.4 is 10.5 Å². The monoisotopic (exact) mass is 302 g/mol. The lowest BCUT2D eigenvalue weighted by Gasteiger charge is -2.11. The molecule has 0 fully saturated rings. The van der Waals surface area contributed by atoms with Crippen molar-refractivity contribution in [1.29, 1.82) is 0 Å². The summed E-state index contributed by atoms with van der Waals surface area (Å²) >= 11 is 0. The second-order valence-corrected chi connectivity index (χ2v) is 6.52. The lowest BCUT2D eigenvalue weighted by Crippen LogP contribution is -2.09. The molecule has 0 aromatic heterocycles. The van der Waals surface area contributed by atoms with Crippen molar-refractivity contribution in [1.82, 2.24) is 0 Å².